The van der Waals surface area contributed by atoms with E-state index in [1.54, 1.807) is 0 Å². The van der Waals surface area contributed by atoms with Crippen molar-refractivity contribution in [2.75, 3.05) is 14.2 Å². The van der Waals surface area contributed by atoms with E-state index >= 15 is 0 Å². The van der Waals surface area contributed by atoms with Gasteiger partial charge in [-0.1, -0.05) is 89.9 Å². The number of carbonyl (C=O) groups excluding carboxylic acids is 2. The molecular formula is C24H47BO5. The first-order valence-electron chi connectivity index (χ1n) is 12.4. The van der Waals surface area contributed by atoms with E-state index in [0.717, 1.165) is 51.2 Å². The molecule has 5 nitrogen and oxygen atoms in total. The van der Waals surface area contributed by atoms with Gasteiger partial charge in [-0.15, -0.1) is 0 Å². The lowest BCUT2D eigenvalue weighted by molar-refractivity contribution is -0.141. The van der Waals surface area contributed by atoms with Gasteiger partial charge in [0.05, 0.1) is 14.2 Å². The highest BCUT2D eigenvalue weighted by Crippen LogP contribution is 2.15. The summed E-state index contributed by atoms with van der Waals surface area (Å²) in [5, 5.41) is 10.1. The van der Waals surface area contributed by atoms with Gasteiger partial charge < -0.3 is 14.5 Å². The molecule has 0 atom stereocenters. The second-order valence-corrected chi connectivity index (χ2v) is 8.54. The van der Waals surface area contributed by atoms with E-state index in [-0.39, 0.29) is 18.9 Å². The van der Waals surface area contributed by atoms with E-state index in [4.69, 9.17) is 0 Å². The second-order valence-electron chi connectivity index (χ2n) is 8.54. The van der Waals surface area contributed by atoms with E-state index < -0.39 is 0 Å². The Morgan fingerprint density at radius 3 is 1.10 bits per heavy atom. The zero-order valence-corrected chi connectivity index (χ0v) is 19.8. The number of rotatable bonds is 22. The lowest BCUT2D eigenvalue weighted by Crippen LogP contribution is -2.10. The SMILES string of the molecule is COC(=O)CCCCCCCCCCB(O)CCCCCCCCCCC(=O)OC. The molecule has 0 rings (SSSR count). The molecule has 0 heterocycles. The van der Waals surface area contributed by atoms with Crippen LogP contribution in [-0.2, 0) is 19.1 Å². The summed E-state index contributed by atoms with van der Waals surface area (Å²) in [6, 6.07) is 0. The molecule has 0 aliphatic carbocycles. The number of hydrogen-bond donors (Lipinski definition) is 1. The van der Waals surface area contributed by atoms with Crippen molar-refractivity contribution >= 4 is 18.9 Å². The van der Waals surface area contributed by atoms with E-state index in [0.29, 0.717) is 12.8 Å². The molecule has 0 unspecified atom stereocenters. The fourth-order valence-electron chi connectivity index (χ4n) is 3.77. The molecule has 0 saturated heterocycles. The highest BCUT2D eigenvalue weighted by molar-refractivity contribution is 6.50. The molecule has 0 bridgehead atoms. The Morgan fingerprint density at radius 1 is 0.533 bits per heavy atom. The van der Waals surface area contributed by atoms with E-state index in [9.17, 15) is 14.6 Å². The summed E-state index contributed by atoms with van der Waals surface area (Å²) in [5.74, 6) is -0.199. The summed E-state index contributed by atoms with van der Waals surface area (Å²) in [7, 11) is 2.89. The molecule has 0 amide bonds. The van der Waals surface area contributed by atoms with Gasteiger partial charge in [-0.25, -0.2) is 0 Å². The van der Waals surface area contributed by atoms with Crippen LogP contribution >= 0.6 is 0 Å². The number of hydrogen-bond acceptors (Lipinski definition) is 5. The van der Waals surface area contributed by atoms with E-state index in [1.807, 2.05) is 0 Å². The molecule has 0 radical (unpaired) electrons. The van der Waals surface area contributed by atoms with Crippen molar-refractivity contribution in [3.8, 4) is 0 Å². The number of methoxy groups -OCH3 is 2. The van der Waals surface area contributed by atoms with Gasteiger partial charge in [-0.3, -0.25) is 9.59 Å². The van der Waals surface area contributed by atoms with Crippen LogP contribution in [0.4, 0.5) is 0 Å². The van der Waals surface area contributed by atoms with Crippen LogP contribution in [-0.4, -0.2) is 38.1 Å². The number of unbranched alkanes of at least 4 members (excludes halogenated alkanes) is 14. The van der Waals surface area contributed by atoms with Crippen LogP contribution in [0.3, 0.4) is 0 Å². The van der Waals surface area contributed by atoms with Crippen LogP contribution in [0.1, 0.15) is 116 Å². The maximum Gasteiger partial charge on any atom is 0.305 e. The summed E-state index contributed by atoms with van der Waals surface area (Å²) in [6.45, 7) is -0.123. The molecule has 0 aliphatic rings. The second kappa shape index (κ2) is 22.6. The van der Waals surface area contributed by atoms with E-state index in [1.165, 1.54) is 78.4 Å². The first kappa shape index (κ1) is 29.0. The van der Waals surface area contributed by atoms with Crippen LogP contribution in [0.2, 0.25) is 12.6 Å². The molecule has 6 heteroatoms. The standard InChI is InChI=1S/C24H47BO5/c1-29-23(26)19-15-11-7-3-5-9-13-17-21-25(28)22-18-14-10-6-4-8-12-16-20-24(27)30-2/h28H,3-22H2,1-2H3. The third kappa shape index (κ3) is 21.7. The first-order chi connectivity index (χ1) is 14.6. The van der Waals surface area contributed by atoms with Crippen molar-refractivity contribution in [3.05, 3.63) is 0 Å². The third-order valence-corrected chi connectivity index (χ3v) is 5.79. The fourth-order valence-corrected chi connectivity index (χ4v) is 3.77. The quantitative estimate of drug-likeness (QED) is 0.124. The molecule has 0 aromatic carbocycles. The molecule has 0 aliphatic heterocycles. The Balaban J connectivity index is 3.21. The summed E-state index contributed by atoms with van der Waals surface area (Å²) in [5.41, 5.74) is 0. The van der Waals surface area contributed by atoms with Crippen molar-refractivity contribution in [2.45, 2.75) is 128 Å². The smallest absolute Gasteiger partial charge is 0.305 e. The molecule has 0 fully saturated rings. The molecule has 0 aromatic rings. The molecule has 0 saturated carbocycles. The lowest BCUT2D eigenvalue weighted by atomic mass is 9.60. The molecule has 0 aromatic heterocycles. The number of esters is 2. The minimum Gasteiger partial charge on any atom is -0.469 e. The van der Waals surface area contributed by atoms with Crippen LogP contribution < -0.4 is 0 Å². The fraction of sp³-hybridized carbons (Fsp3) is 0.917. The Bertz CT molecular complexity index is 367. The maximum absolute atomic E-state index is 11.0. The maximum atomic E-state index is 11.0. The minimum atomic E-state index is -0.123. The van der Waals surface area contributed by atoms with Gasteiger partial charge in [0.1, 0.15) is 0 Å². The summed E-state index contributed by atoms with van der Waals surface area (Å²) < 4.78 is 9.27. The molecule has 1 N–H and O–H groups in total. The van der Waals surface area contributed by atoms with Gasteiger partial charge in [0.25, 0.3) is 6.92 Å². The summed E-state index contributed by atoms with van der Waals surface area (Å²) >= 11 is 0. The van der Waals surface area contributed by atoms with Crippen LogP contribution in [0.5, 0.6) is 0 Å². The number of ether oxygens (including phenoxy) is 2. The Kier molecular flexibility index (Phi) is 21.9. The van der Waals surface area contributed by atoms with Gasteiger partial charge in [0.2, 0.25) is 0 Å². The Hall–Kier alpha value is -1.04. The van der Waals surface area contributed by atoms with Crippen molar-refractivity contribution in [3.63, 3.8) is 0 Å². The average molecular weight is 426 g/mol. The van der Waals surface area contributed by atoms with Gasteiger partial charge in [-0.2, -0.15) is 0 Å². The molecule has 0 spiro atoms. The van der Waals surface area contributed by atoms with Gasteiger partial charge in [0, 0.05) is 12.8 Å². The first-order valence-corrected chi connectivity index (χ1v) is 12.4. The largest absolute Gasteiger partial charge is 0.469 e. The van der Waals surface area contributed by atoms with Crippen LogP contribution in [0, 0.1) is 0 Å². The van der Waals surface area contributed by atoms with Crippen LogP contribution in [0.15, 0.2) is 0 Å². The van der Waals surface area contributed by atoms with Gasteiger partial charge >= 0.3 is 11.9 Å². The minimum absolute atomic E-state index is 0.0994. The summed E-state index contributed by atoms with van der Waals surface area (Å²) in [6.07, 6.45) is 21.7. The van der Waals surface area contributed by atoms with Crippen molar-refractivity contribution in [1.29, 1.82) is 0 Å². The Labute approximate surface area is 185 Å². The lowest BCUT2D eigenvalue weighted by Gasteiger charge is -2.07. The Morgan fingerprint density at radius 2 is 0.800 bits per heavy atom. The molecule has 176 valence electrons. The predicted molar refractivity (Wildman–Crippen MR) is 125 cm³/mol. The van der Waals surface area contributed by atoms with Gasteiger partial charge in [-0.05, 0) is 25.5 Å². The topological polar surface area (TPSA) is 72.8 Å². The van der Waals surface area contributed by atoms with E-state index in [2.05, 4.69) is 9.47 Å². The number of carbonyl (C=O) groups is 2. The van der Waals surface area contributed by atoms with Crippen molar-refractivity contribution in [1.82, 2.24) is 0 Å². The monoisotopic (exact) mass is 426 g/mol. The third-order valence-electron chi connectivity index (χ3n) is 5.79. The van der Waals surface area contributed by atoms with Crippen molar-refractivity contribution in [2.24, 2.45) is 0 Å². The normalized spacial score (nSPS) is 10.8. The van der Waals surface area contributed by atoms with Crippen LogP contribution in [0.25, 0.3) is 0 Å². The zero-order chi connectivity index (χ0) is 22.3. The predicted octanol–water partition coefficient (Wildman–Crippen LogP) is 6.34. The molecule has 30 heavy (non-hydrogen) atoms. The van der Waals surface area contributed by atoms with Crippen molar-refractivity contribution < 1.29 is 24.1 Å². The molecular weight excluding hydrogens is 379 g/mol. The van der Waals surface area contributed by atoms with Gasteiger partial charge in [0.15, 0.2) is 0 Å². The highest BCUT2D eigenvalue weighted by Gasteiger charge is 2.09. The average Bonchev–Trinajstić information content (AvgIpc) is 2.75. The highest BCUT2D eigenvalue weighted by atomic mass is 16.5. The summed E-state index contributed by atoms with van der Waals surface area (Å²) in [4.78, 5) is 22.0. The zero-order valence-electron chi connectivity index (χ0n) is 19.8.